The quantitative estimate of drug-likeness (QED) is 0.805. The van der Waals surface area contributed by atoms with Crippen molar-refractivity contribution in [2.45, 2.75) is 25.9 Å². The molecule has 0 spiro atoms. The molecule has 4 nitrogen and oxygen atoms in total. The zero-order valence-electron chi connectivity index (χ0n) is 15.3. The standard InChI is InChI=1S/C20H22F3N3O/c1-14(2)16-5-3-4-6-17(16)25-9-11-26(12-10-25)19(27)15-7-8-18(24-13-15)20(21,22)23/h3-8,13-14H,9-12H2,1-2H3. The molecular formula is C20H22F3N3O. The molecule has 2 aromatic rings. The molecule has 1 aromatic heterocycles. The molecule has 0 aliphatic carbocycles. The molecule has 0 bridgehead atoms. The molecule has 1 amide bonds. The zero-order chi connectivity index (χ0) is 19.6. The average molecular weight is 377 g/mol. The van der Waals surface area contributed by atoms with Gasteiger partial charge in [0.25, 0.3) is 5.91 Å². The lowest BCUT2D eigenvalue weighted by Gasteiger charge is -2.37. The summed E-state index contributed by atoms with van der Waals surface area (Å²) in [6.07, 6.45) is -3.50. The van der Waals surface area contributed by atoms with Crippen molar-refractivity contribution in [1.82, 2.24) is 9.88 Å². The number of alkyl halides is 3. The first-order chi connectivity index (χ1) is 12.8. The minimum atomic E-state index is -4.50. The Labute approximate surface area is 156 Å². The highest BCUT2D eigenvalue weighted by molar-refractivity contribution is 5.94. The number of hydrogen-bond acceptors (Lipinski definition) is 3. The van der Waals surface area contributed by atoms with E-state index in [1.165, 1.54) is 17.3 Å². The Balaban J connectivity index is 1.66. The van der Waals surface area contributed by atoms with Crippen molar-refractivity contribution in [3.63, 3.8) is 0 Å². The van der Waals surface area contributed by atoms with Gasteiger partial charge in [-0.3, -0.25) is 9.78 Å². The smallest absolute Gasteiger partial charge is 0.368 e. The van der Waals surface area contributed by atoms with E-state index >= 15 is 0 Å². The topological polar surface area (TPSA) is 36.4 Å². The lowest BCUT2D eigenvalue weighted by atomic mass is 10.00. The molecular weight excluding hydrogens is 355 g/mol. The second kappa shape index (κ2) is 7.58. The number of hydrogen-bond donors (Lipinski definition) is 0. The summed E-state index contributed by atoms with van der Waals surface area (Å²) in [4.78, 5) is 19.9. The van der Waals surface area contributed by atoms with Crippen LogP contribution in [0.3, 0.4) is 0 Å². The summed E-state index contributed by atoms with van der Waals surface area (Å²) in [7, 11) is 0. The number of amides is 1. The van der Waals surface area contributed by atoms with Crippen LogP contribution in [0.1, 0.15) is 41.4 Å². The highest BCUT2D eigenvalue weighted by Crippen LogP contribution is 2.29. The Hall–Kier alpha value is -2.57. The number of rotatable bonds is 3. The summed E-state index contributed by atoms with van der Waals surface area (Å²) in [5, 5.41) is 0. The van der Waals surface area contributed by atoms with Gasteiger partial charge in [-0.25, -0.2) is 0 Å². The maximum Gasteiger partial charge on any atom is 0.433 e. The van der Waals surface area contributed by atoms with E-state index in [-0.39, 0.29) is 11.5 Å². The van der Waals surface area contributed by atoms with Crippen molar-refractivity contribution < 1.29 is 18.0 Å². The van der Waals surface area contributed by atoms with Crippen LogP contribution in [-0.2, 0) is 6.18 Å². The fourth-order valence-corrected chi connectivity index (χ4v) is 3.28. The molecule has 3 rings (SSSR count). The van der Waals surface area contributed by atoms with E-state index in [0.717, 1.165) is 12.3 Å². The second-order valence-electron chi connectivity index (χ2n) is 6.92. The van der Waals surface area contributed by atoms with E-state index in [0.29, 0.717) is 32.1 Å². The number of carbonyl (C=O) groups is 1. The molecule has 0 unspecified atom stereocenters. The molecule has 7 heteroatoms. The van der Waals surface area contributed by atoms with Crippen LogP contribution in [0.5, 0.6) is 0 Å². The molecule has 1 fully saturated rings. The summed E-state index contributed by atoms with van der Waals surface area (Å²) < 4.78 is 37.8. The predicted octanol–water partition coefficient (Wildman–Crippen LogP) is 4.19. The number of anilines is 1. The van der Waals surface area contributed by atoms with Gasteiger partial charge in [0.1, 0.15) is 5.69 Å². The van der Waals surface area contributed by atoms with Gasteiger partial charge in [-0.05, 0) is 29.7 Å². The van der Waals surface area contributed by atoms with Crippen LogP contribution in [-0.4, -0.2) is 42.0 Å². The summed E-state index contributed by atoms with van der Waals surface area (Å²) in [5.41, 5.74) is 1.63. The minimum Gasteiger partial charge on any atom is -0.368 e. The normalized spacial score (nSPS) is 15.3. The van der Waals surface area contributed by atoms with Gasteiger partial charge in [-0.1, -0.05) is 32.0 Å². The van der Waals surface area contributed by atoms with E-state index < -0.39 is 11.9 Å². The van der Waals surface area contributed by atoms with E-state index in [1.54, 1.807) is 4.90 Å². The number of carbonyl (C=O) groups excluding carboxylic acids is 1. The molecule has 0 saturated carbocycles. The molecule has 1 aliphatic heterocycles. The highest BCUT2D eigenvalue weighted by Gasteiger charge is 2.32. The molecule has 0 atom stereocenters. The van der Waals surface area contributed by atoms with Crippen molar-refractivity contribution in [2.75, 3.05) is 31.1 Å². The van der Waals surface area contributed by atoms with E-state index in [4.69, 9.17) is 0 Å². The number of benzene rings is 1. The van der Waals surface area contributed by atoms with Crippen LogP contribution >= 0.6 is 0 Å². The Morgan fingerprint density at radius 3 is 2.26 bits per heavy atom. The van der Waals surface area contributed by atoms with Crippen molar-refractivity contribution in [1.29, 1.82) is 0 Å². The molecule has 0 radical (unpaired) electrons. The van der Waals surface area contributed by atoms with Gasteiger partial charge in [0.2, 0.25) is 0 Å². The Kier molecular flexibility index (Phi) is 5.39. The van der Waals surface area contributed by atoms with Crippen LogP contribution < -0.4 is 4.90 Å². The zero-order valence-corrected chi connectivity index (χ0v) is 15.3. The average Bonchev–Trinajstić information content (AvgIpc) is 2.67. The molecule has 0 N–H and O–H groups in total. The highest BCUT2D eigenvalue weighted by atomic mass is 19.4. The van der Waals surface area contributed by atoms with E-state index in [1.807, 2.05) is 12.1 Å². The van der Waals surface area contributed by atoms with Crippen LogP contribution in [0.4, 0.5) is 18.9 Å². The fraction of sp³-hybridized carbons (Fsp3) is 0.400. The van der Waals surface area contributed by atoms with Crippen LogP contribution in [0.2, 0.25) is 0 Å². The number of aromatic nitrogens is 1. The van der Waals surface area contributed by atoms with Gasteiger partial charge in [0.15, 0.2) is 0 Å². The van der Waals surface area contributed by atoms with E-state index in [2.05, 4.69) is 35.9 Å². The van der Waals surface area contributed by atoms with Crippen LogP contribution in [0.25, 0.3) is 0 Å². The fourth-order valence-electron chi connectivity index (χ4n) is 3.28. The van der Waals surface area contributed by atoms with Gasteiger partial charge in [0, 0.05) is 38.1 Å². The Morgan fingerprint density at radius 2 is 1.70 bits per heavy atom. The summed E-state index contributed by atoms with van der Waals surface area (Å²) in [6.45, 7) is 6.71. The van der Waals surface area contributed by atoms with Crippen molar-refractivity contribution in [3.05, 3.63) is 59.4 Å². The van der Waals surface area contributed by atoms with Gasteiger partial charge >= 0.3 is 6.18 Å². The number of pyridine rings is 1. The second-order valence-corrected chi connectivity index (χ2v) is 6.92. The lowest BCUT2D eigenvalue weighted by molar-refractivity contribution is -0.141. The van der Waals surface area contributed by atoms with Gasteiger partial charge in [-0.2, -0.15) is 13.2 Å². The monoisotopic (exact) mass is 377 g/mol. The molecule has 1 aromatic carbocycles. The predicted molar refractivity (Wildman–Crippen MR) is 97.9 cm³/mol. The largest absolute Gasteiger partial charge is 0.433 e. The molecule has 27 heavy (non-hydrogen) atoms. The first-order valence-electron chi connectivity index (χ1n) is 8.94. The lowest BCUT2D eigenvalue weighted by Crippen LogP contribution is -2.49. The first kappa shape index (κ1) is 19.2. The summed E-state index contributed by atoms with van der Waals surface area (Å²) in [5.74, 6) is 0.118. The molecule has 1 saturated heterocycles. The Bertz CT molecular complexity index is 795. The van der Waals surface area contributed by atoms with Crippen LogP contribution in [0.15, 0.2) is 42.6 Å². The van der Waals surface area contributed by atoms with Gasteiger partial charge in [-0.15, -0.1) is 0 Å². The maximum absolute atomic E-state index is 12.6. The van der Waals surface area contributed by atoms with Gasteiger partial charge < -0.3 is 9.80 Å². The minimum absolute atomic E-state index is 0.180. The van der Waals surface area contributed by atoms with E-state index in [9.17, 15) is 18.0 Å². The van der Waals surface area contributed by atoms with Crippen LogP contribution in [0, 0.1) is 0 Å². The molecule has 144 valence electrons. The summed E-state index contributed by atoms with van der Waals surface area (Å²) >= 11 is 0. The number of para-hydroxylation sites is 1. The Morgan fingerprint density at radius 1 is 1.04 bits per heavy atom. The number of nitrogens with zero attached hydrogens (tertiary/aromatic N) is 3. The summed E-state index contributed by atoms with van der Waals surface area (Å²) in [6, 6.07) is 10.3. The van der Waals surface area contributed by atoms with Gasteiger partial charge in [0.05, 0.1) is 5.56 Å². The van der Waals surface area contributed by atoms with Crippen molar-refractivity contribution in [3.8, 4) is 0 Å². The third kappa shape index (κ3) is 4.23. The first-order valence-corrected chi connectivity index (χ1v) is 8.94. The molecule has 2 heterocycles. The SMILES string of the molecule is CC(C)c1ccccc1N1CCN(C(=O)c2ccc(C(F)(F)F)nc2)CC1. The van der Waals surface area contributed by atoms with Crippen molar-refractivity contribution in [2.24, 2.45) is 0 Å². The molecule has 1 aliphatic rings. The maximum atomic E-state index is 12.6. The number of piperazine rings is 1. The third-order valence-electron chi connectivity index (χ3n) is 4.77. The van der Waals surface area contributed by atoms with Crippen molar-refractivity contribution >= 4 is 11.6 Å². The number of halogens is 3. The third-order valence-corrected chi connectivity index (χ3v) is 4.77.